The van der Waals surface area contributed by atoms with E-state index < -0.39 is 6.10 Å². The lowest BCUT2D eigenvalue weighted by Crippen LogP contribution is -2.46. The summed E-state index contributed by atoms with van der Waals surface area (Å²) >= 11 is 1.68. The first-order chi connectivity index (χ1) is 14.1. The quantitative estimate of drug-likeness (QED) is 0.548. The summed E-state index contributed by atoms with van der Waals surface area (Å²) in [5, 5.41) is 18.0. The van der Waals surface area contributed by atoms with Crippen molar-refractivity contribution in [3.63, 3.8) is 0 Å². The molecule has 0 aliphatic carbocycles. The van der Waals surface area contributed by atoms with E-state index in [1.807, 2.05) is 29.6 Å². The number of nitrogen functional groups attached to an aromatic ring is 1. The Kier molecular flexibility index (Phi) is 8.18. The van der Waals surface area contributed by atoms with Gasteiger partial charge >= 0.3 is 0 Å². The SMILES string of the molecule is CCC(c1cscc1N)N1CCC(NCC(O)COc2ccc(OC)cc2)CC1. The zero-order chi connectivity index (χ0) is 20.6. The van der Waals surface area contributed by atoms with Crippen molar-refractivity contribution in [1.82, 2.24) is 10.2 Å². The molecule has 7 heteroatoms. The van der Waals surface area contributed by atoms with Crippen LogP contribution in [0.1, 0.15) is 37.8 Å². The molecule has 1 aromatic heterocycles. The van der Waals surface area contributed by atoms with Gasteiger partial charge in [0.15, 0.2) is 0 Å². The number of nitrogens with zero attached hydrogens (tertiary/aromatic N) is 1. The van der Waals surface area contributed by atoms with Gasteiger partial charge in [-0.2, -0.15) is 0 Å². The van der Waals surface area contributed by atoms with Crippen LogP contribution in [0.5, 0.6) is 11.5 Å². The molecule has 0 bridgehead atoms. The Labute approximate surface area is 177 Å². The van der Waals surface area contributed by atoms with Crippen LogP contribution in [-0.2, 0) is 0 Å². The monoisotopic (exact) mass is 419 g/mol. The largest absolute Gasteiger partial charge is 0.497 e. The second-order valence-corrected chi connectivity index (χ2v) is 8.31. The lowest BCUT2D eigenvalue weighted by atomic mass is 9.98. The summed E-state index contributed by atoms with van der Waals surface area (Å²) in [4.78, 5) is 2.54. The van der Waals surface area contributed by atoms with E-state index in [-0.39, 0.29) is 6.61 Å². The fraction of sp³-hybridized carbons (Fsp3) is 0.545. The van der Waals surface area contributed by atoms with Crippen LogP contribution in [0.15, 0.2) is 35.0 Å². The predicted molar refractivity (Wildman–Crippen MR) is 119 cm³/mol. The highest BCUT2D eigenvalue weighted by molar-refractivity contribution is 7.08. The molecule has 2 atom stereocenters. The summed E-state index contributed by atoms with van der Waals surface area (Å²) in [6, 6.07) is 8.23. The third-order valence-electron chi connectivity index (χ3n) is 5.58. The molecule has 2 aromatic rings. The van der Waals surface area contributed by atoms with E-state index in [9.17, 15) is 5.11 Å². The highest BCUT2D eigenvalue weighted by atomic mass is 32.1. The number of hydrogen-bond donors (Lipinski definition) is 3. The number of piperidine rings is 1. The van der Waals surface area contributed by atoms with Crippen molar-refractivity contribution in [3.8, 4) is 11.5 Å². The minimum Gasteiger partial charge on any atom is -0.497 e. The van der Waals surface area contributed by atoms with Crippen LogP contribution < -0.4 is 20.5 Å². The van der Waals surface area contributed by atoms with Gasteiger partial charge in [0, 0.05) is 48.3 Å². The van der Waals surface area contributed by atoms with Crippen molar-refractivity contribution in [1.29, 1.82) is 0 Å². The average molecular weight is 420 g/mol. The number of nitrogens with two attached hydrogens (primary N) is 1. The topological polar surface area (TPSA) is 80.0 Å². The van der Waals surface area contributed by atoms with Crippen LogP contribution >= 0.6 is 11.3 Å². The number of methoxy groups -OCH3 is 1. The molecule has 6 nitrogen and oxygen atoms in total. The second-order valence-electron chi connectivity index (χ2n) is 7.57. The number of likely N-dealkylation sites (tertiary alicyclic amines) is 1. The molecule has 1 aliphatic heterocycles. The Morgan fingerprint density at radius 1 is 1.21 bits per heavy atom. The molecule has 2 unspecified atom stereocenters. The van der Waals surface area contributed by atoms with Gasteiger partial charge in [0.25, 0.3) is 0 Å². The molecule has 1 aliphatic rings. The molecule has 3 rings (SSSR count). The Morgan fingerprint density at radius 2 is 1.90 bits per heavy atom. The number of anilines is 1. The molecule has 4 N–H and O–H groups in total. The van der Waals surface area contributed by atoms with Crippen LogP contribution in [0.3, 0.4) is 0 Å². The molecular weight excluding hydrogens is 386 g/mol. The van der Waals surface area contributed by atoms with Crippen LogP contribution in [0, 0.1) is 0 Å². The molecule has 1 fully saturated rings. The molecule has 1 saturated heterocycles. The van der Waals surface area contributed by atoms with Gasteiger partial charge in [-0.05, 0) is 48.9 Å². The average Bonchev–Trinajstić information content (AvgIpc) is 3.18. The van der Waals surface area contributed by atoms with Crippen LogP contribution in [0.25, 0.3) is 0 Å². The summed E-state index contributed by atoms with van der Waals surface area (Å²) < 4.78 is 10.8. The number of benzene rings is 1. The van der Waals surface area contributed by atoms with Gasteiger partial charge < -0.3 is 25.6 Å². The Balaban J connectivity index is 1.37. The first-order valence-corrected chi connectivity index (χ1v) is 11.3. The lowest BCUT2D eigenvalue weighted by molar-refractivity contribution is 0.0936. The second kappa shape index (κ2) is 10.8. The Morgan fingerprint density at radius 3 is 2.48 bits per heavy atom. The van der Waals surface area contributed by atoms with Gasteiger partial charge in [0.2, 0.25) is 0 Å². The fourth-order valence-corrected chi connectivity index (χ4v) is 4.69. The number of aliphatic hydroxyl groups is 1. The van der Waals surface area contributed by atoms with Crippen molar-refractivity contribution in [2.75, 3.05) is 39.1 Å². The van der Waals surface area contributed by atoms with E-state index in [2.05, 4.69) is 22.5 Å². The molecule has 0 amide bonds. The zero-order valence-corrected chi connectivity index (χ0v) is 18.2. The Hall–Kier alpha value is -1.80. The van der Waals surface area contributed by atoms with E-state index in [0.717, 1.165) is 49.5 Å². The standard InChI is InChI=1S/C22H33N3O3S/c1-3-22(20-14-29-15-21(20)23)25-10-8-16(9-11-25)24-12-17(26)13-28-19-6-4-18(27-2)5-7-19/h4-7,14-17,22,24,26H,3,8-13,23H2,1-2H3. The molecule has 2 heterocycles. The van der Waals surface area contributed by atoms with Gasteiger partial charge in [-0.3, -0.25) is 4.90 Å². The summed E-state index contributed by atoms with van der Waals surface area (Å²) in [6.45, 7) is 5.13. The minimum absolute atomic E-state index is 0.271. The smallest absolute Gasteiger partial charge is 0.119 e. The van der Waals surface area contributed by atoms with E-state index in [1.165, 1.54) is 5.56 Å². The molecule has 160 valence electrons. The minimum atomic E-state index is -0.538. The van der Waals surface area contributed by atoms with E-state index in [1.54, 1.807) is 18.4 Å². The molecule has 0 spiro atoms. The Bertz CT molecular complexity index is 729. The van der Waals surface area contributed by atoms with Gasteiger partial charge in [-0.25, -0.2) is 0 Å². The van der Waals surface area contributed by atoms with Crippen molar-refractivity contribution >= 4 is 17.0 Å². The summed E-state index contributed by atoms with van der Waals surface area (Å²) in [5.74, 6) is 1.52. The molecular formula is C22H33N3O3S. The third kappa shape index (κ3) is 6.09. The van der Waals surface area contributed by atoms with Gasteiger partial charge in [-0.15, -0.1) is 11.3 Å². The highest BCUT2D eigenvalue weighted by Crippen LogP contribution is 2.33. The summed E-state index contributed by atoms with van der Waals surface area (Å²) in [7, 11) is 1.63. The maximum Gasteiger partial charge on any atom is 0.119 e. The van der Waals surface area contributed by atoms with E-state index >= 15 is 0 Å². The zero-order valence-electron chi connectivity index (χ0n) is 17.3. The molecule has 0 radical (unpaired) electrons. The van der Waals surface area contributed by atoms with Crippen molar-refractivity contribution in [2.45, 2.75) is 44.4 Å². The highest BCUT2D eigenvalue weighted by Gasteiger charge is 2.26. The third-order valence-corrected chi connectivity index (χ3v) is 6.36. The van der Waals surface area contributed by atoms with E-state index in [4.69, 9.17) is 15.2 Å². The summed E-state index contributed by atoms with van der Waals surface area (Å²) in [6.07, 6.45) is 2.68. The fourth-order valence-electron chi connectivity index (χ4n) is 3.90. The first-order valence-electron chi connectivity index (χ1n) is 10.3. The first kappa shape index (κ1) is 21.9. The number of hydrogen-bond acceptors (Lipinski definition) is 7. The van der Waals surface area contributed by atoms with Gasteiger partial charge in [0.1, 0.15) is 24.2 Å². The van der Waals surface area contributed by atoms with Gasteiger partial charge in [-0.1, -0.05) is 6.92 Å². The van der Waals surface area contributed by atoms with Crippen LogP contribution in [-0.4, -0.2) is 55.5 Å². The predicted octanol–water partition coefficient (Wildman–Crippen LogP) is 3.28. The van der Waals surface area contributed by atoms with Crippen molar-refractivity contribution in [2.24, 2.45) is 0 Å². The maximum atomic E-state index is 10.2. The van der Waals surface area contributed by atoms with E-state index in [0.29, 0.717) is 18.6 Å². The molecule has 1 aromatic carbocycles. The number of thiophene rings is 1. The number of nitrogens with one attached hydrogen (secondary N) is 1. The molecule has 0 saturated carbocycles. The molecule has 29 heavy (non-hydrogen) atoms. The van der Waals surface area contributed by atoms with Crippen molar-refractivity contribution in [3.05, 3.63) is 40.6 Å². The van der Waals surface area contributed by atoms with Crippen LogP contribution in [0.4, 0.5) is 5.69 Å². The van der Waals surface area contributed by atoms with Crippen LogP contribution in [0.2, 0.25) is 0 Å². The lowest BCUT2D eigenvalue weighted by Gasteiger charge is -2.38. The number of aliphatic hydroxyl groups excluding tert-OH is 1. The maximum absolute atomic E-state index is 10.2. The number of rotatable bonds is 10. The number of ether oxygens (including phenoxy) is 2. The summed E-state index contributed by atoms with van der Waals surface area (Å²) in [5.41, 5.74) is 8.33. The normalized spacial score (nSPS) is 17.8. The van der Waals surface area contributed by atoms with Gasteiger partial charge in [0.05, 0.1) is 7.11 Å². The van der Waals surface area contributed by atoms with Crippen molar-refractivity contribution < 1.29 is 14.6 Å².